The van der Waals surface area contributed by atoms with Crippen LogP contribution in [0.3, 0.4) is 0 Å². The van der Waals surface area contributed by atoms with Gasteiger partial charge >= 0.3 is 7.12 Å². The quantitative estimate of drug-likeness (QED) is 0.372. The van der Waals surface area contributed by atoms with E-state index in [1.807, 2.05) is 36.4 Å². The van der Waals surface area contributed by atoms with Crippen LogP contribution in [-0.4, -0.2) is 43.7 Å². The third-order valence-corrected chi connectivity index (χ3v) is 3.74. The first-order valence-corrected chi connectivity index (χ1v) is 8.35. The molecule has 0 saturated heterocycles. The Kier molecular flexibility index (Phi) is 7.81. The number of hydrogen-bond donors (Lipinski definition) is 3. The molecule has 1 aliphatic heterocycles. The van der Waals surface area contributed by atoms with Crippen LogP contribution in [0.1, 0.15) is 24.8 Å². The number of unbranched alkanes of at least 4 members (excludes halogenated alkanes) is 1. The molecule has 1 amide bonds. The smallest absolute Gasteiger partial charge is 0.478 e. The molecule has 1 aromatic carbocycles. The molecule has 4 N–H and O–H groups in total. The van der Waals surface area contributed by atoms with Crippen molar-refractivity contribution in [2.75, 3.05) is 19.8 Å². The minimum absolute atomic E-state index is 0.154. The first kappa shape index (κ1) is 18.5. The number of carbonyl (C=O) groups excluding carboxylic acids is 1. The zero-order chi connectivity index (χ0) is 17.2. The molecular formula is C17H25BN2O4. The predicted molar refractivity (Wildman–Crippen MR) is 93.5 cm³/mol. The Morgan fingerprint density at radius 2 is 2.29 bits per heavy atom. The Hall–Kier alpha value is -1.83. The molecule has 1 atom stereocenters. The molecular weight excluding hydrogens is 307 g/mol. The van der Waals surface area contributed by atoms with Crippen molar-refractivity contribution in [2.45, 2.75) is 31.6 Å². The molecule has 24 heavy (non-hydrogen) atoms. The molecule has 2 rings (SSSR count). The van der Waals surface area contributed by atoms with E-state index < -0.39 is 13.1 Å². The Morgan fingerprint density at radius 3 is 3.12 bits per heavy atom. The molecule has 1 heterocycles. The van der Waals surface area contributed by atoms with Crippen LogP contribution in [0.2, 0.25) is 0 Å². The van der Waals surface area contributed by atoms with Gasteiger partial charge in [0.25, 0.3) is 0 Å². The molecule has 0 aliphatic carbocycles. The molecule has 0 aromatic heterocycles. The van der Waals surface area contributed by atoms with E-state index in [1.54, 1.807) is 0 Å². The van der Waals surface area contributed by atoms with Crippen LogP contribution < -0.4 is 15.8 Å². The van der Waals surface area contributed by atoms with Crippen LogP contribution in [0.5, 0.6) is 5.75 Å². The summed E-state index contributed by atoms with van der Waals surface area (Å²) < 4.78 is 10.8. The lowest BCUT2D eigenvalue weighted by atomic mass is 9.77. The summed E-state index contributed by atoms with van der Waals surface area (Å²) in [5.41, 5.74) is 6.32. The zero-order valence-corrected chi connectivity index (χ0v) is 13.8. The molecule has 0 saturated carbocycles. The summed E-state index contributed by atoms with van der Waals surface area (Å²) in [6.07, 6.45) is 6.36. The van der Waals surface area contributed by atoms with Gasteiger partial charge in [-0.2, -0.15) is 0 Å². The van der Waals surface area contributed by atoms with Crippen LogP contribution in [-0.2, 0) is 15.9 Å². The third-order valence-electron chi connectivity index (χ3n) is 3.74. The highest BCUT2D eigenvalue weighted by atomic mass is 16.5. The van der Waals surface area contributed by atoms with E-state index in [2.05, 4.69) is 5.32 Å². The maximum atomic E-state index is 12.2. The highest BCUT2D eigenvalue weighted by Gasteiger charge is 2.28. The van der Waals surface area contributed by atoms with Crippen molar-refractivity contribution in [3.63, 3.8) is 0 Å². The Balaban J connectivity index is 1.83. The topological polar surface area (TPSA) is 93.8 Å². The molecule has 0 radical (unpaired) electrons. The maximum Gasteiger partial charge on any atom is 0.478 e. The second-order valence-electron chi connectivity index (χ2n) is 5.77. The van der Waals surface area contributed by atoms with Crippen molar-refractivity contribution in [1.29, 1.82) is 0 Å². The fraction of sp³-hybridized carbons (Fsp3) is 0.471. The first-order chi connectivity index (χ1) is 11.7. The largest absolute Gasteiger partial charge is 0.494 e. The van der Waals surface area contributed by atoms with Gasteiger partial charge in [-0.15, -0.1) is 0 Å². The first-order valence-electron chi connectivity index (χ1n) is 8.35. The second-order valence-corrected chi connectivity index (χ2v) is 5.77. The van der Waals surface area contributed by atoms with Crippen LogP contribution in [0, 0.1) is 0 Å². The van der Waals surface area contributed by atoms with Gasteiger partial charge in [0.1, 0.15) is 5.75 Å². The lowest BCUT2D eigenvalue weighted by molar-refractivity contribution is -0.120. The molecule has 7 heteroatoms. The number of nitrogens with one attached hydrogen (secondary N) is 1. The third kappa shape index (κ3) is 6.35. The van der Waals surface area contributed by atoms with Crippen molar-refractivity contribution >= 4 is 13.0 Å². The fourth-order valence-electron chi connectivity index (χ4n) is 2.45. The molecule has 0 bridgehead atoms. The molecule has 130 valence electrons. The lowest BCUT2D eigenvalue weighted by Crippen LogP contribution is -2.47. The summed E-state index contributed by atoms with van der Waals surface area (Å²) >= 11 is 0. The number of hydrogen-bond acceptors (Lipinski definition) is 5. The predicted octanol–water partition coefficient (Wildman–Crippen LogP) is 0.828. The Labute approximate surface area is 143 Å². The summed E-state index contributed by atoms with van der Waals surface area (Å²) in [5.74, 6) is 0.170. The molecule has 6 nitrogen and oxygen atoms in total. The van der Waals surface area contributed by atoms with E-state index in [0.717, 1.165) is 24.2 Å². The number of nitrogens with two attached hydrogens (primary N) is 1. The minimum Gasteiger partial charge on any atom is -0.494 e. The summed E-state index contributed by atoms with van der Waals surface area (Å²) in [6, 6.07) is 7.49. The maximum absolute atomic E-state index is 12.2. The van der Waals surface area contributed by atoms with Gasteiger partial charge in [-0.3, -0.25) is 4.79 Å². The molecule has 0 fully saturated rings. The van der Waals surface area contributed by atoms with E-state index in [9.17, 15) is 9.82 Å². The van der Waals surface area contributed by atoms with Gasteiger partial charge in [0.15, 0.2) is 0 Å². The zero-order valence-electron chi connectivity index (χ0n) is 13.8. The number of amides is 1. The van der Waals surface area contributed by atoms with Gasteiger partial charge in [0.05, 0.1) is 19.0 Å². The van der Waals surface area contributed by atoms with E-state index in [1.165, 1.54) is 0 Å². The van der Waals surface area contributed by atoms with Crippen molar-refractivity contribution in [1.82, 2.24) is 5.32 Å². The lowest BCUT2D eigenvalue weighted by Gasteiger charge is -2.17. The van der Waals surface area contributed by atoms with Crippen LogP contribution in [0.15, 0.2) is 36.4 Å². The van der Waals surface area contributed by atoms with Crippen molar-refractivity contribution in [3.05, 3.63) is 42.0 Å². The van der Waals surface area contributed by atoms with E-state index in [-0.39, 0.29) is 12.3 Å². The van der Waals surface area contributed by atoms with E-state index in [4.69, 9.17) is 15.1 Å². The summed E-state index contributed by atoms with van der Waals surface area (Å²) in [7, 11) is -0.985. The molecule has 1 aromatic rings. The monoisotopic (exact) mass is 332 g/mol. The number of benzene rings is 1. The summed E-state index contributed by atoms with van der Waals surface area (Å²) in [5, 5.41) is 12.7. The van der Waals surface area contributed by atoms with Gasteiger partial charge < -0.3 is 25.5 Å². The average molecular weight is 332 g/mol. The summed E-state index contributed by atoms with van der Waals surface area (Å²) in [4.78, 5) is 12.2. The van der Waals surface area contributed by atoms with Crippen molar-refractivity contribution in [3.8, 4) is 5.75 Å². The highest BCUT2D eigenvalue weighted by molar-refractivity contribution is 6.45. The van der Waals surface area contributed by atoms with E-state index in [0.29, 0.717) is 26.2 Å². The standard InChI is InChI=1S/C17H25BN2O4/c19-9-2-4-10-23-15-7-5-6-14(12-15)13-17(21)20-16-8-1-3-11-24-18(16)22/h1,3,5-7,12,16,22H,2,4,8-11,13,19H2,(H,20,21). The van der Waals surface area contributed by atoms with Crippen molar-refractivity contribution < 1.29 is 19.2 Å². The second kappa shape index (κ2) is 10.1. The molecule has 0 spiro atoms. The van der Waals surface area contributed by atoms with Gasteiger partial charge in [-0.05, 0) is 43.5 Å². The fourth-order valence-corrected chi connectivity index (χ4v) is 2.45. The van der Waals surface area contributed by atoms with Gasteiger partial charge in [0, 0.05) is 6.61 Å². The van der Waals surface area contributed by atoms with Gasteiger partial charge in [-0.1, -0.05) is 24.3 Å². The Bertz CT molecular complexity index is 553. The van der Waals surface area contributed by atoms with Crippen LogP contribution >= 0.6 is 0 Å². The number of carbonyl (C=O) groups is 1. The molecule has 1 unspecified atom stereocenters. The van der Waals surface area contributed by atoms with Gasteiger partial charge in [-0.25, -0.2) is 0 Å². The number of ether oxygens (including phenoxy) is 1. The SMILES string of the molecule is NCCCCOc1cccc(CC(=O)NC2CC=CCOB2O)c1. The van der Waals surface area contributed by atoms with Crippen LogP contribution in [0.25, 0.3) is 0 Å². The normalized spacial score (nSPS) is 17.4. The minimum atomic E-state index is -0.985. The number of rotatable bonds is 8. The van der Waals surface area contributed by atoms with Gasteiger partial charge in [0.2, 0.25) is 5.91 Å². The highest BCUT2D eigenvalue weighted by Crippen LogP contribution is 2.14. The van der Waals surface area contributed by atoms with Crippen LogP contribution in [0.4, 0.5) is 0 Å². The van der Waals surface area contributed by atoms with Crippen molar-refractivity contribution in [2.24, 2.45) is 5.73 Å². The van der Waals surface area contributed by atoms with E-state index >= 15 is 0 Å². The molecule has 1 aliphatic rings. The Morgan fingerprint density at radius 1 is 1.42 bits per heavy atom. The average Bonchev–Trinajstić information content (AvgIpc) is 2.77. The summed E-state index contributed by atoms with van der Waals surface area (Å²) in [6.45, 7) is 1.64.